The van der Waals surface area contributed by atoms with Gasteiger partial charge in [0.25, 0.3) is 0 Å². The molecule has 1 amide bonds. The molecule has 4 nitrogen and oxygen atoms in total. The molecule has 0 spiro atoms. The lowest BCUT2D eigenvalue weighted by atomic mass is 10.2. The van der Waals surface area contributed by atoms with Crippen molar-refractivity contribution < 1.29 is 23.0 Å². The zero-order valence-corrected chi connectivity index (χ0v) is 10.9. The first kappa shape index (κ1) is 16.1. The van der Waals surface area contributed by atoms with Crippen LogP contribution in [0.25, 0.3) is 0 Å². The Morgan fingerprint density at radius 1 is 1.76 bits per heavy atom. The number of halogens is 2. The molecule has 1 rings (SSSR count). The average molecular weight is 264 g/mol. The second-order valence-corrected chi connectivity index (χ2v) is 4.21. The highest BCUT2D eigenvalue weighted by Crippen LogP contribution is 2.19. The first-order chi connectivity index (χ1) is 7.58. The van der Waals surface area contributed by atoms with Crippen LogP contribution in [-0.4, -0.2) is 42.2 Å². The second kappa shape index (κ2) is 7.46. The maximum absolute atomic E-state index is 13.1. The van der Waals surface area contributed by atoms with E-state index in [9.17, 15) is 9.18 Å². The maximum atomic E-state index is 13.1. The molecule has 98 valence electrons. The van der Waals surface area contributed by atoms with E-state index >= 15 is 0 Å². The van der Waals surface area contributed by atoms with E-state index in [0.717, 1.165) is 6.42 Å². The Morgan fingerprint density at radius 3 is 2.94 bits per heavy atom. The van der Waals surface area contributed by atoms with Gasteiger partial charge in [-0.1, -0.05) is 6.92 Å². The number of nitriles is 1. The number of carbonyl (C=O) groups excluding carboxylic acids is 1. The van der Waals surface area contributed by atoms with Gasteiger partial charge in [-0.25, -0.2) is 4.39 Å². The van der Waals surface area contributed by atoms with E-state index in [1.807, 2.05) is 19.9 Å². The number of likely N-dealkylation sites (tertiary alicyclic amines) is 1. The lowest BCUT2D eigenvalue weighted by Crippen LogP contribution is -3.00. The molecule has 0 aliphatic carbocycles. The van der Waals surface area contributed by atoms with Crippen LogP contribution < -0.4 is 17.7 Å². The predicted molar refractivity (Wildman–Crippen MR) is 59.5 cm³/mol. The van der Waals surface area contributed by atoms with Crippen LogP contribution in [0.3, 0.4) is 0 Å². The van der Waals surface area contributed by atoms with Crippen LogP contribution in [0.15, 0.2) is 0 Å². The van der Waals surface area contributed by atoms with E-state index < -0.39 is 12.2 Å². The number of nitrogens with one attached hydrogen (secondary N) is 1. The van der Waals surface area contributed by atoms with Crippen molar-refractivity contribution in [1.29, 1.82) is 5.26 Å². The van der Waals surface area contributed by atoms with E-state index in [1.165, 1.54) is 4.90 Å². The van der Waals surface area contributed by atoms with Crippen LogP contribution in [0.5, 0.6) is 0 Å². The molecule has 1 aliphatic rings. The molecule has 0 aromatic heterocycles. The molecule has 0 bridgehead atoms. The third-order valence-electron chi connectivity index (χ3n) is 2.93. The van der Waals surface area contributed by atoms with Gasteiger partial charge in [0.15, 0.2) is 0 Å². The standard InChI is InChI=1S/C11H18FN3O.ClH/c1-3-8(2)14-6-11(16)15-7-9(12)4-10(15)5-13;/h8-10,14H,3-4,6-7H2,1-2H3;1H. The highest BCUT2D eigenvalue weighted by Gasteiger charge is 2.34. The van der Waals surface area contributed by atoms with Gasteiger partial charge in [0.1, 0.15) is 12.2 Å². The van der Waals surface area contributed by atoms with Crippen LogP contribution in [0, 0.1) is 11.3 Å². The first-order valence-electron chi connectivity index (χ1n) is 5.65. The molecule has 1 saturated heterocycles. The molecule has 3 unspecified atom stereocenters. The summed E-state index contributed by atoms with van der Waals surface area (Å²) in [6.45, 7) is 4.24. The largest absolute Gasteiger partial charge is 1.00 e. The molecule has 1 N–H and O–H groups in total. The summed E-state index contributed by atoms with van der Waals surface area (Å²) < 4.78 is 13.1. The number of rotatable bonds is 4. The van der Waals surface area contributed by atoms with Gasteiger partial charge in [0.05, 0.1) is 19.2 Å². The number of carbonyl (C=O) groups is 1. The van der Waals surface area contributed by atoms with E-state index in [2.05, 4.69) is 5.32 Å². The Morgan fingerprint density at radius 2 is 2.41 bits per heavy atom. The fourth-order valence-electron chi connectivity index (χ4n) is 1.69. The SMILES string of the molecule is CCC(C)NCC(=O)N1CC(F)CC1C#N.[Cl-].[H+]. The predicted octanol–water partition coefficient (Wildman–Crippen LogP) is -2.05. The molecule has 0 aromatic rings. The molecule has 0 aromatic carbocycles. The monoisotopic (exact) mass is 263 g/mol. The fraction of sp³-hybridized carbons (Fsp3) is 0.818. The third kappa shape index (κ3) is 4.49. The normalized spacial score (nSPS) is 24.9. The highest BCUT2D eigenvalue weighted by molar-refractivity contribution is 5.79. The minimum atomic E-state index is -1.06. The quantitative estimate of drug-likeness (QED) is 0.636. The second-order valence-electron chi connectivity index (χ2n) is 4.21. The smallest absolute Gasteiger partial charge is 1.00 e. The summed E-state index contributed by atoms with van der Waals surface area (Å²) in [4.78, 5) is 13.1. The number of amides is 1. The molecular formula is C11H19ClFN3O. The molecule has 1 aliphatic heterocycles. The van der Waals surface area contributed by atoms with Crippen molar-refractivity contribution in [2.24, 2.45) is 0 Å². The molecular weight excluding hydrogens is 245 g/mol. The first-order valence-corrected chi connectivity index (χ1v) is 5.65. The topological polar surface area (TPSA) is 56.1 Å². The van der Waals surface area contributed by atoms with Gasteiger partial charge in [0.2, 0.25) is 5.91 Å². The minimum absolute atomic E-state index is 0. The summed E-state index contributed by atoms with van der Waals surface area (Å²) in [7, 11) is 0. The zero-order valence-electron chi connectivity index (χ0n) is 11.1. The van der Waals surface area contributed by atoms with Crippen molar-refractivity contribution in [1.82, 2.24) is 10.2 Å². The van der Waals surface area contributed by atoms with Gasteiger partial charge in [0, 0.05) is 12.5 Å². The van der Waals surface area contributed by atoms with Crippen LogP contribution in [0.4, 0.5) is 4.39 Å². The van der Waals surface area contributed by atoms with Gasteiger partial charge in [-0.05, 0) is 13.3 Å². The summed E-state index contributed by atoms with van der Waals surface area (Å²) in [5.41, 5.74) is 0. The molecule has 0 radical (unpaired) electrons. The van der Waals surface area contributed by atoms with Crippen molar-refractivity contribution in [3.63, 3.8) is 0 Å². The third-order valence-corrected chi connectivity index (χ3v) is 2.93. The molecule has 1 fully saturated rings. The fourth-order valence-corrected chi connectivity index (χ4v) is 1.69. The van der Waals surface area contributed by atoms with E-state index in [0.29, 0.717) is 0 Å². The zero-order chi connectivity index (χ0) is 12.1. The Kier molecular flexibility index (Phi) is 7.09. The maximum Gasteiger partial charge on any atom is 1.00 e. The lowest BCUT2D eigenvalue weighted by Gasteiger charge is -2.20. The number of hydrogen-bond donors (Lipinski definition) is 1. The lowest BCUT2D eigenvalue weighted by molar-refractivity contribution is -0.130. The van der Waals surface area contributed by atoms with Crippen molar-refractivity contribution in [2.45, 2.75) is 44.9 Å². The van der Waals surface area contributed by atoms with Crippen molar-refractivity contribution in [3.05, 3.63) is 0 Å². The summed E-state index contributed by atoms with van der Waals surface area (Å²) in [5, 5.41) is 11.8. The summed E-state index contributed by atoms with van der Waals surface area (Å²) in [5.74, 6) is -0.188. The average Bonchev–Trinajstić information content (AvgIpc) is 2.66. The molecule has 17 heavy (non-hydrogen) atoms. The summed E-state index contributed by atoms with van der Waals surface area (Å²) in [6.07, 6.45) is 0.0175. The summed E-state index contributed by atoms with van der Waals surface area (Å²) in [6, 6.07) is 1.63. The van der Waals surface area contributed by atoms with Gasteiger partial charge in [-0.3, -0.25) is 4.79 Å². The van der Waals surface area contributed by atoms with Gasteiger partial charge < -0.3 is 22.6 Å². The Bertz CT molecular complexity index is 301. The number of nitrogens with zero attached hydrogens (tertiary/aromatic N) is 2. The van der Waals surface area contributed by atoms with Gasteiger partial charge in [-0.2, -0.15) is 5.26 Å². The summed E-state index contributed by atoms with van der Waals surface area (Å²) >= 11 is 0. The van der Waals surface area contributed by atoms with E-state index in [1.54, 1.807) is 0 Å². The number of hydrogen-bond acceptors (Lipinski definition) is 3. The van der Waals surface area contributed by atoms with Crippen LogP contribution in [0.2, 0.25) is 0 Å². The van der Waals surface area contributed by atoms with E-state index in [-0.39, 0.29) is 45.3 Å². The van der Waals surface area contributed by atoms with Crippen LogP contribution in [-0.2, 0) is 4.79 Å². The molecule has 0 saturated carbocycles. The Balaban J connectivity index is 0. The van der Waals surface area contributed by atoms with Gasteiger partial charge >= 0.3 is 1.43 Å². The van der Waals surface area contributed by atoms with Crippen molar-refractivity contribution in [3.8, 4) is 6.07 Å². The molecule has 6 heteroatoms. The van der Waals surface area contributed by atoms with E-state index in [4.69, 9.17) is 5.26 Å². The highest BCUT2D eigenvalue weighted by atomic mass is 35.5. The molecule has 1 heterocycles. The van der Waals surface area contributed by atoms with Gasteiger partial charge in [-0.15, -0.1) is 0 Å². The molecule has 3 atom stereocenters. The number of alkyl halides is 1. The van der Waals surface area contributed by atoms with Crippen LogP contribution in [0.1, 0.15) is 28.1 Å². The Hall–Kier alpha value is -0.860. The minimum Gasteiger partial charge on any atom is -1.00 e. The van der Waals surface area contributed by atoms with Crippen molar-refractivity contribution >= 4 is 5.91 Å². The van der Waals surface area contributed by atoms with Crippen LogP contribution >= 0.6 is 0 Å². The Labute approximate surface area is 109 Å². The van der Waals surface area contributed by atoms with Crippen molar-refractivity contribution in [2.75, 3.05) is 13.1 Å².